The number of nitrogens with zero attached hydrogens (tertiary/aromatic N) is 2. The first-order valence-corrected chi connectivity index (χ1v) is 5.54. The Kier molecular flexibility index (Phi) is 3.05. The highest BCUT2D eigenvalue weighted by Crippen LogP contribution is 2.33. The number of benzene rings is 1. The third-order valence-electron chi connectivity index (χ3n) is 3.07. The Hall–Kier alpha value is -2.31. The fraction of sp³-hybridized carbons (Fsp3) is 0.364. The summed E-state index contributed by atoms with van der Waals surface area (Å²) in [5.41, 5.74) is 5.51. The number of amides is 1. The van der Waals surface area contributed by atoms with Crippen molar-refractivity contribution in [1.29, 1.82) is 0 Å². The molecule has 1 atom stereocenters. The molecular weight excluding hydrogens is 238 g/mol. The predicted molar refractivity (Wildman–Crippen MR) is 64.3 cm³/mol. The number of nitro benzene ring substituents is 1. The summed E-state index contributed by atoms with van der Waals surface area (Å²) in [6.07, 6.45) is 1.48. The Labute approximate surface area is 103 Å². The van der Waals surface area contributed by atoms with Gasteiger partial charge in [0.1, 0.15) is 6.04 Å². The van der Waals surface area contributed by atoms with E-state index >= 15 is 0 Å². The highest BCUT2D eigenvalue weighted by Gasteiger charge is 2.30. The molecule has 1 heterocycles. The van der Waals surface area contributed by atoms with Crippen LogP contribution in [-0.2, 0) is 4.79 Å². The molecule has 96 valence electrons. The second kappa shape index (κ2) is 4.52. The molecule has 7 heteroatoms. The number of phenols is 1. The number of hydrogen-bond acceptors (Lipinski definition) is 5. The lowest BCUT2D eigenvalue weighted by Gasteiger charge is -2.24. The van der Waals surface area contributed by atoms with Gasteiger partial charge in [-0.2, -0.15) is 0 Å². The molecule has 1 fully saturated rings. The van der Waals surface area contributed by atoms with Gasteiger partial charge in [0.15, 0.2) is 5.75 Å². The van der Waals surface area contributed by atoms with E-state index in [2.05, 4.69) is 0 Å². The van der Waals surface area contributed by atoms with E-state index in [1.54, 1.807) is 4.90 Å². The lowest BCUT2D eigenvalue weighted by atomic mass is 10.2. The van der Waals surface area contributed by atoms with Gasteiger partial charge in [0.25, 0.3) is 0 Å². The minimum Gasteiger partial charge on any atom is -0.502 e. The highest BCUT2D eigenvalue weighted by molar-refractivity contribution is 5.84. The largest absolute Gasteiger partial charge is 0.502 e. The van der Waals surface area contributed by atoms with Crippen LogP contribution in [0.5, 0.6) is 5.75 Å². The Morgan fingerprint density at radius 3 is 2.83 bits per heavy atom. The first-order valence-electron chi connectivity index (χ1n) is 5.54. The van der Waals surface area contributed by atoms with Crippen LogP contribution in [0.4, 0.5) is 11.4 Å². The molecule has 7 nitrogen and oxygen atoms in total. The molecule has 0 saturated carbocycles. The minimum atomic E-state index is -0.658. The molecule has 18 heavy (non-hydrogen) atoms. The molecule has 0 bridgehead atoms. The fourth-order valence-electron chi connectivity index (χ4n) is 2.22. The van der Waals surface area contributed by atoms with Crippen molar-refractivity contribution < 1.29 is 14.8 Å². The van der Waals surface area contributed by atoms with E-state index in [1.807, 2.05) is 0 Å². The van der Waals surface area contributed by atoms with Gasteiger partial charge in [-0.25, -0.2) is 0 Å². The Balaban J connectivity index is 2.32. The van der Waals surface area contributed by atoms with E-state index in [9.17, 15) is 20.0 Å². The lowest BCUT2D eigenvalue weighted by molar-refractivity contribution is -0.385. The summed E-state index contributed by atoms with van der Waals surface area (Å²) < 4.78 is 0. The second-order valence-corrected chi connectivity index (χ2v) is 4.18. The molecular formula is C11H13N3O4. The molecule has 1 saturated heterocycles. The average molecular weight is 251 g/mol. The van der Waals surface area contributed by atoms with Crippen LogP contribution in [0.3, 0.4) is 0 Å². The minimum absolute atomic E-state index is 0.353. The van der Waals surface area contributed by atoms with Crippen LogP contribution in [-0.4, -0.2) is 28.5 Å². The SMILES string of the molecule is NC(=O)[C@@H]1CCCN1c1ccc([N+](=O)[O-])c(O)c1. The number of aromatic hydroxyl groups is 1. The van der Waals surface area contributed by atoms with Crippen molar-refractivity contribution in [2.24, 2.45) is 5.73 Å². The van der Waals surface area contributed by atoms with E-state index in [1.165, 1.54) is 18.2 Å². The van der Waals surface area contributed by atoms with Gasteiger partial charge < -0.3 is 15.7 Å². The maximum atomic E-state index is 11.3. The first kappa shape index (κ1) is 12.2. The van der Waals surface area contributed by atoms with Gasteiger partial charge in [0.05, 0.1) is 4.92 Å². The van der Waals surface area contributed by atoms with Crippen LogP contribution in [0.1, 0.15) is 12.8 Å². The smallest absolute Gasteiger partial charge is 0.310 e. The van der Waals surface area contributed by atoms with Crippen molar-refractivity contribution in [2.75, 3.05) is 11.4 Å². The van der Waals surface area contributed by atoms with Crippen molar-refractivity contribution in [3.05, 3.63) is 28.3 Å². The zero-order valence-electron chi connectivity index (χ0n) is 9.57. The van der Waals surface area contributed by atoms with Crippen molar-refractivity contribution in [1.82, 2.24) is 0 Å². The van der Waals surface area contributed by atoms with Gasteiger partial charge >= 0.3 is 5.69 Å². The van der Waals surface area contributed by atoms with E-state index in [4.69, 9.17) is 5.73 Å². The average Bonchev–Trinajstić information content (AvgIpc) is 2.77. The Morgan fingerprint density at radius 2 is 2.28 bits per heavy atom. The topological polar surface area (TPSA) is 110 Å². The molecule has 1 amide bonds. The zero-order valence-corrected chi connectivity index (χ0v) is 9.57. The van der Waals surface area contributed by atoms with E-state index in [-0.39, 0.29) is 5.69 Å². The fourth-order valence-corrected chi connectivity index (χ4v) is 2.22. The lowest BCUT2D eigenvalue weighted by Crippen LogP contribution is -2.40. The Morgan fingerprint density at radius 1 is 1.56 bits per heavy atom. The zero-order chi connectivity index (χ0) is 13.3. The summed E-state index contributed by atoms with van der Waals surface area (Å²) in [7, 11) is 0. The van der Waals surface area contributed by atoms with Gasteiger partial charge in [-0.05, 0) is 18.9 Å². The predicted octanol–water partition coefficient (Wildman–Crippen LogP) is 0.755. The number of nitro groups is 1. The normalized spacial score (nSPS) is 18.9. The van der Waals surface area contributed by atoms with Crippen LogP contribution in [0.25, 0.3) is 0 Å². The number of carbonyl (C=O) groups excluding carboxylic acids is 1. The summed E-state index contributed by atoms with van der Waals surface area (Å²) in [6, 6.07) is 3.62. The van der Waals surface area contributed by atoms with Gasteiger partial charge in [0, 0.05) is 24.4 Å². The molecule has 0 aliphatic carbocycles. The number of anilines is 1. The molecule has 0 spiro atoms. The number of nitrogens with two attached hydrogens (primary N) is 1. The van der Waals surface area contributed by atoms with Crippen LogP contribution in [0.2, 0.25) is 0 Å². The molecule has 0 unspecified atom stereocenters. The maximum absolute atomic E-state index is 11.3. The molecule has 0 aromatic heterocycles. The summed E-state index contributed by atoms with van der Waals surface area (Å²) in [5.74, 6) is -0.835. The van der Waals surface area contributed by atoms with Gasteiger partial charge in [-0.1, -0.05) is 0 Å². The third kappa shape index (κ3) is 2.06. The van der Waals surface area contributed by atoms with Crippen LogP contribution < -0.4 is 10.6 Å². The van der Waals surface area contributed by atoms with Crippen LogP contribution in [0.15, 0.2) is 18.2 Å². The quantitative estimate of drug-likeness (QED) is 0.608. The summed E-state index contributed by atoms with van der Waals surface area (Å²) in [4.78, 5) is 22.9. The molecule has 3 N–H and O–H groups in total. The van der Waals surface area contributed by atoms with Crippen LogP contribution >= 0.6 is 0 Å². The van der Waals surface area contributed by atoms with Crippen LogP contribution in [0, 0.1) is 10.1 Å². The number of phenolic OH excluding ortho intramolecular Hbond substituents is 1. The summed E-state index contributed by atoms with van der Waals surface area (Å²) >= 11 is 0. The first-order chi connectivity index (χ1) is 8.50. The molecule has 2 rings (SSSR count). The number of carbonyl (C=O) groups is 1. The monoisotopic (exact) mass is 251 g/mol. The Bertz CT molecular complexity index is 503. The third-order valence-corrected chi connectivity index (χ3v) is 3.07. The highest BCUT2D eigenvalue weighted by atomic mass is 16.6. The number of primary amides is 1. The maximum Gasteiger partial charge on any atom is 0.310 e. The second-order valence-electron chi connectivity index (χ2n) is 4.18. The molecule has 1 aromatic rings. The number of rotatable bonds is 3. The molecule has 0 radical (unpaired) electrons. The van der Waals surface area contributed by atoms with E-state index in [0.29, 0.717) is 18.7 Å². The molecule has 1 aliphatic rings. The molecule has 1 aromatic carbocycles. The van der Waals surface area contributed by atoms with Crippen molar-refractivity contribution in [2.45, 2.75) is 18.9 Å². The van der Waals surface area contributed by atoms with Gasteiger partial charge in [-0.15, -0.1) is 0 Å². The van der Waals surface area contributed by atoms with E-state index < -0.39 is 22.6 Å². The summed E-state index contributed by atoms with van der Waals surface area (Å²) in [5, 5.41) is 20.1. The van der Waals surface area contributed by atoms with Gasteiger partial charge in [0.2, 0.25) is 5.91 Å². The van der Waals surface area contributed by atoms with Crippen molar-refractivity contribution in [3.63, 3.8) is 0 Å². The standard InChI is InChI=1S/C11H13N3O4/c12-11(16)9-2-1-5-13(9)7-3-4-8(14(17)18)10(15)6-7/h3-4,6,9,15H,1-2,5H2,(H2,12,16)/t9-/m0/s1. The van der Waals surface area contributed by atoms with Crippen molar-refractivity contribution >= 4 is 17.3 Å². The summed E-state index contributed by atoms with van der Waals surface area (Å²) in [6.45, 7) is 0.644. The van der Waals surface area contributed by atoms with Crippen molar-refractivity contribution in [3.8, 4) is 5.75 Å². The van der Waals surface area contributed by atoms with E-state index in [0.717, 1.165) is 6.42 Å². The molecule has 1 aliphatic heterocycles. The number of hydrogen-bond donors (Lipinski definition) is 2. The van der Waals surface area contributed by atoms with Gasteiger partial charge in [-0.3, -0.25) is 14.9 Å².